The van der Waals surface area contributed by atoms with E-state index in [1.165, 1.54) is 12.8 Å². The summed E-state index contributed by atoms with van der Waals surface area (Å²) in [7, 11) is 0. The maximum absolute atomic E-state index is 6.30. The van der Waals surface area contributed by atoms with Crippen molar-refractivity contribution in [2.24, 2.45) is 5.92 Å². The summed E-state index contributed by atoms with van der Waals surface area (Å²) in [5.74, 6) is 0.587. The van der Waals surface area contributed by atoms with Crippen molar-refractivity contribution in [1.82, 2.24) is 5.32 Å². The first-order valence-electron chi connectivity index (χ1n) is 7.64. The topological polar surface area (TPSA) is 21.3 Å². The number of nitrogens with one attached hydrogen (secondary N) is 1. The lowest BCUT2D eigenvalue weighted by Crippen LogP contribution is -2.30. The van der Waals surface area contributed by atoms with Crippen molar-refractivity contribution in [1.29, 1.82) is 0 Å². The number of halogens is 1. The van der Waals surface area contributed by atoms with Gasteiger partial charge in [0.25, 0.3) is 0 Å². The molecule has 2 atom stereocenters. The van der Waals surface area contributed by atoms with Crippen LogP contribution in [0.3, 0.4) is 0 Å². The largest absolute Gasteiger partial charge is 0.372 e. The maximum Gasteiger partial charge on any atom is 0.0963 e. The summed E-state index contributed by atoms with van der Waals surface area (Å²) in [5.41, 5.74) is 1.08. The van der Waals surface area contributed by atoms with Crippen LogP contribution in [0.2, 0.25) is 5.02 Å². The molecule has 0 fully saturated rings. The molecule has 1 rings (SSSR count). The zero-order chi connectivity index (χ0) is 15.0. The van der Waals surface area contributed by atoms with Crippen LogP contribution in [0, 0.1) is 5.92 Å². The second kappa shape index (κ2) is 9.38. The van der Waals surface area contributed by atoms with Gasteiger partial charge in [0.15, 0.2) is 0 Å². The van der Waals surface area contributed by atoms with Gasteiger partial charge in [0.05, 0.1) is 12.7 Å². The highest BCUT2D eigenvalue weighted by Gasteiger charge is 2.16. The fourth-order valence-corrected chi connectivity index (χ4v) is 2.45. The third-order valence-corrected chi connectivity index (χ3v) is 3.67. The number of ether oxygens (including phenoxy) is 1. The van der Waals surface area contributed by atoms with Crippen molar-refractivity contribution >= 4 is 11.6 Å². The van der Waals surface area contributed by atoms with Gasteiger partial charge in [-0.05, 0) is 18.4 Å². The van der Waals surface area contributed by atoms with Gasteiger partial charge in [-0.2, -0.15) is 0 Å². The number of benzene rings is 1. The fourth-order valence-electron chi connectivity index (χ4n) is 2.19. The normalized spacial score (nSPS) is 14.5. The molecule has 0 spiro atoms. The van der Waals surface area contributed by atoms with Crippen LogP contribution < -0.4 is 5.32 Å². The highest BCUT2D eigenvalue weighted by atomic mass is 35.5. The molecule has 20 heavy (non-hydrogen) atoms. The molecule has 1 N–H and O–H groups in total. The zero-order valence-electron chi connectivity index (χ0n) is 13.2. The second-order valence-electron chi connectivity index (χ2n) is 5.80. The molecular formula is C17H28ClNO. The third-order valence-electron chi connectivity index (χ3n) is 3.33. The Bertz CT molecular complexity index is 381. The predicted molar refractivity (Wildman–Crippen MR) is 87.4 cm³/mol. The van der Waals surface area contributed by atoms with Gasteiger partial charge >= 0.3 is 0 Å². The van der Waals surface area contributed by atoms with Crippen molar-refractivity contribution in [3.05, 3.63) is 34.9 Å². The summed E-state index contributed by atoms with van der Waals surface area (Å²) < 4.78 is 6.13. The van der Waals surface area contributed by atoms with Gasteiger partial charge in [-0.3, -0.25) is 0 Å². The molecule has 0 aliphatic heterocycles. The van der Waals surface area contributed by atoms with Gasteiger partial charge in [-0.1, -0.05) is 63.9 Å². The number of rotatable bonds is 9. The molecule has 0 bridgehead atoms. The molecule has 0 saturated carbocycles. The molecule has 0 radical (unpaired) electrons. The van der Waals surface area contributed by atoms with Crippen LogP contribution >= 0.6 is 11.6 Å². The lowest BCUT2D eigenvalue weighted by atomic mass is 10.1. The van der Waals surface area contributed by atoms with E-state index >= 15 is 0 Å². The molecular weight excluding hydrogens is 270 g/mol. The summed E-state index contributed by atoms with van der Waals surface area (Å²) in [5, 5.41) is 4.23. The Morgan fingerprint density at radius 3 is 2.50 bits per heavy atom. The maximum atomic E-state index is 6.30. The molecule has 0 aliphatic rings. The van der Waals surface area contributed by atoms with Crippen LogP contribution in [0.5, 0.6) is 0 Å². The molecule has 0 aliphatic carbocycles. The fraction of sp³-hybridized carbons (Fsp3) is 0.647. The average Bonchev–Trinajstić information content (AvgIpc) is 2.40. The summed E-state index contributed by atoms with van der Waals surface area (Å²) in [4.78, 5) is 0. The first kappa shape index (κ1) is 17.5. The Hall–Kier alpha value is -0.570. The van der Waals surface area contributed by atoms with Gasteiger partial charge in [-0.25, -0.2) is 0 Å². The van der Waals surface area contributed by atoms with Crippen LogP contribution in [0.25, 0.3) is 0 Å². The highest BCUT2D eigenvalue weighted by molar-refractivity contribution is 6.31. The summed E-state index contributed by atoms with van der Waals surface area (Å²) >= 11 is 6.30. The van der Waals surface area contributed by atoms with Crippen molar-refractivity contribution in [3.8, 4) is 0 Å². The SMILES string of the molecule is CCCC(C)COC(CNC(C)C)c1ccccc1Cl. The average molecular weight is 298 g/mol. The standard InChI is InChI=1S/C17H28ClNO/c1-5-8-14(4)12-20-17(11-19-13(2)3)15-9-6-7-10-16(15)18/h6-7,9-10,13-14,17,19H,5,8,11-12H2,1-4H3. The van der Waals surface area contributed by atoms with Crippen molar-refractivity contribution < 1.29 is 4.74 Å². The first-order valence-corrected chi connectivity index (χ1v) is 8.01. The molecule has 2 unspecified atom stereocenters. The predicted octanol–water partition coefficient (Wildman–Crippen LogP) is 4.83. The van der Waals surface area contributed by atoms with Gasteiger partial charge < -0.3 is 10.1 Å². The number of hydrogen-bond donors (Lipinski definition) is 1. The second-order valence-corrected chi connectivity index (χ2v) is 6.21. The monoisotopic (exact) mass is 297 g/mol. The number of hydrogen-bond acceptors (Lipinski definition) is 2. The van der Waals surface area contributed by atoms with Crippen LogP contribution in [0.1, 0.15) is 52.2 Å². The van der Waals surface area contributed by atoms with Crippen LogP contribution in [-0.4, -0.2) is 19.2 Å². The third kappa shape index (κ3) is 6.25. The summed E-state index contributed by atoms with van der Waals surface area (Å²) in [6.45, 7) is 10.3. The molecule has 1 aromatic rings. The molecule has 0 amide bonds. The smallest absolute Gasteiger partial charge is 0.0963 e. The van der Waals surface area contributed by atoms with E-state index in [-0.39, 0.29) is 6.10 Å². The van der Waals surface area contributed by atoms with Gasteiger partial charge in [-0.15, -0.1) is 0 Å². The van der Waals surface area contributed by atoms with E-state index in [0.29, 0.717) is 12.0 Å². The Labute approximate surface area is 128 Å². The van der Waals surface area contributed by atoms with E-state index in [4.69, 9.17) is 16.3 Å². The van der Waals surface area contributed by atoms with Crippen molar-refractivity contribution in [3.63, 3.8) is 0 Å². The van der Waals surface area contributed by atoms with E-state index < -0.39 is 0 Å². The molecule has 0 heterocycles. The molecule has 3 heteroatoms. The lowest BCUT2D eigenvalue weighted by molar-refractivity contribution is 0.0289. The Kier molecular flexibility index (Phi) is 8.20. The summed E-state index contributed by atoms with van der Waals surface area (Å²) in [6.07, 6.45) is 2.42. The molecule has 1 aromatic carbocycles. The Morgan fingerprint density at radius 2 is 1.90 bits per heavy atom. The van der Waals surface area contributed by atoms with Gasteiger partial charge in [0.2, 0.25) is 0 Å². The van der Waals surface area contributed by atoms with E-state index in [9.17, 15) is 0 Å². The Balaban J connectivity index is 2.67. The minimum Gasteiger partial charge on any atom is -0.372 e. The quantitative estimate of drug-likeness (QED) is 0.705. The minimum atomic E-state index is 0.0189. The first-order chi connectivity index (χ1) is 9.54. The van der Waals surface area contributed by atoms with Crippen molar-refractivity contribution in [2.75, 3.05) is 13.2 Å². The molecule has 0 aromatic heterocycles. The van der Waals surface area contributed by atoms with Crippen LogP contribution in [0.15, 0.2) is 24.3 Å². The molecule has 114 valence electrons. The van der Waals surface area contributed by atoms with E-state index in [1.54, 1.807) is 0 Å². The van der Waals surface area contributed by atoms with E-state index in [1.807, 2.05) is 18.2 Å². The van der Waals surface area contributed by atoms with E-state index in [0.717, 1.165) is 23.7 Å². The van der Waals surface area contributed by atoms with E-state index in [2.05, 4.69) is 39.1 Å². The van der Waals surface area contributed by atoms with Gasteiger partial charge in [0, 0.05) is 23.2 Å². The minimum absolute atomic E-state index is 0.0189. The van der Waals surface area contributed by atoms with Crippen LogP contribution in [0.4, 0.5) is 0 Å². The van der Waals surface area contributed by atoms with Crippen LogP contribution in [-0.2, 0) is 4.74 Å². The van der Waals surface area contributed by atoms with Gasteiger partial charge in [0.1, 0.15) is 0 Å². The summed E-state index contributed by atoms with van der Waals surface area (Å²) in [6, 6.07) is 8.40. The highest BCUT2D eigenvalue weighted by Crippen LogP contribution is 2.26. The van der Waals surface area contributed by atoms with Crippen molar-refractivity contribution in [2.45, 2.75) is 52.7 Å². The lowest BCUT2D eigenvalue weighted by Gasteiger charge is -2.23. The Morgan fingerprint density at radius 1 is 1.20 bits per heavy atom. The zero-order valence-corrected chi connectivity index (χ0v) is 13.9. The molecule has 2 nitrogen and oxygen atoms in total. The molecule has 0 saturated heterocycles.